The largest absolute Gasteiger partial charge is 0.493 e. The van der Waals surface area contributed by atoms with E-state index >= 15 is 0 Å². The normalized spacial score (nSPS) is 17.9. The number of Topliss-reactive ketones (excluding diaryl/α,β-unsaturated/α-hetero) is 1. The number of carbonyl (C=O) groups is 1. The first kappa shape index (κ1) is 13.1. The number of hydrogen-bond acceptors (Lipinski definition) is 3. The van der Waals surface area contributed by atoms with E-state index in [1.54, 1.807) is 0 Å². The van der Waals surface area contributed by atoms with Gasteiger partial charge in [-0.1, -0.05) is 18.2 Å². The molecule has 0 saturated carbocycles. The molecule has 1 aliphatic rings. The van der Waals surface area contributed by atoms with Crippen molar-refractivity contribution in [1.82, 2.24) is 0 Å². The standard InChI is InChI=1S/C15H20O3/c1-2-17-9-8-13(16)11-12-7-10-18-15-6-4-3-5-14(12)15/h3-6,12H,2,7-11H2,1H3. The van der Waals surface area contributed by atoms with Crippen molar-refractivity contribution in [3.05, 3.63) is 29.8 Å². The molecule has 1 heterocycles. The molecule has 18 heavy (non-hydrogen) atoms. The Hall–Kier alpha value is -1.35. The van der Waals surface area contributed by atoms with Crippen LogP contribution in [-0.2, 0) is 9.53 Å². The first-order chi connectivity index (χ1) is 8.81. The van der Waals surface area contributed by atoms with Crippen LogP contribution in [-0.4, -0.2) is 25.6 Å². The van der Waals surface area contributed by atoms with Gasteiger partial charge < -0.3 is 9.47 Å². The minimum atomic E-state index is 0.283. The van der Waals surface area contributed by atoms with Crippen LogP contribution in [0.5, 0.6) is 5.75 Å². The molecular formula is C15H20O3. The quantitative estimate of drug-likeness (QED) is 0.726. The fourth-order valence-corrected chi connectivity index (χ4v) is 2.34. The van der Waals surface area contributed by atoms with E-state index in [2.05, 4.69) is 6.07 Å². The Labute approximate surface area is 108 Å². The van der Waals surface area contributed by atoms with E-state index in [1.807, 2.05) is 25.1 Å². The Balaban J connectivity index is 1.92. The molecule has 0 bridgehead atoms. The average Bonchev–Trinajstić information content (AvgIpc) is 2.39. The molecule has 1 atom stereocenters. The van der Waals surface area contributed by atoms with Gasteiger partial charge in [0, 0.05) is 19.4 Å². The molecule has 0 saturated heterocycles. The molecule has 0 aliphatic carbocycles. The van der Waals surface area contributed by atoms with E-state index in [-0.39, 0.29) is 5.78 Å². The molecule has 1 unspecified atom stereocenters. The highest BCUT2D eigenvalue weighted by Crippen LogP contribution is 2.35. The minimum absolute atomic E-state index is 0.283. The summed E-state index contributed by atoms with van der Waals surface area (Å²) in [5.74, 6) is 1.53. The van der Waals surface area contributed by atoms with Crippen molar-refractivity contribution in [2.75, 3.05) is 19.8 Å². The maximum absolute atomic E-state index is 11.9. The Morgan fingerprint density at radius 1 is 1.44 bits per heavy atom. The Kier molecular flexibility index (Phi) is 4.76. The van der Waals surface area contributed by atoms with Gasteiger partial charge in [-0.3, -0.25) is 4.79 Å². The van der Waals surface area contributed by atoms with Crippen molar-refractivity contribution in [3.8, 4) is 5.75 Å². The molecule has 0 radical (unpaired) electrons. The van der Waals surface area contributed by atoms with E-state index in [0.29, 0.717) is 38.6 Å². The zero-order valence-electron chi connectivity index (χ0n) is 10.9. The summed E-state index contributed by atoms with van der Waals surface area (Å²) in [6.07, 6.45) is 2.05. The van der Waals surface area contributed by atoms with Crippen molar-refractivity contribution in [2.24, 2.45) is 0 Å². The molecule has 3 nitrogen and oxygen atoms in total. The summed E-state index contributed by atoms with van der Waals surface area (Å²) in [5.41, 5.74) is 1.17. The van der Waals surface area contributed by atoms with Crippen molar-refractivity contribution in [3.63, 3.8) is 0 Å². The summed E-state index contributed by atoms with van der Waals surface area (Å²) in [4.78, 5) is 11.9. The van der Waals surface area contributed by atoms with Gasteiger partial charge in [0.25, 0.3) is 0 Å². The fraction of sp³-hybridized carbons (Fsp3) is 0.533. The lowest BCUT2D eigenvalue weighted by molar-refractivity contribution is -0.120. The molecule has 1 aromatic carbocycles. The summed E-state index contributed by atoms with van der Waals surface area (Å²) in [6.45, 7) is 3.87. The predicted octanol–water partition coefficient (Wildman–Crippen LogP) is 2.94. The lowest BCUT2D eigenvalue weighted by Gasteiger charge is -2.25. The zero-order chi connectivity index (χ0) is 12.8. The van der Waals surface area contributed by atoms with Gasteiger partial charge in [-0.05, 0) is 30.9 Å². The van der Waals surface area contributed by atoms with Crippen LogP contribution in [0.1, 0.15) is 37.7 Å². The van der Waals surface area contributed by atoms with Crippen LogP contribution in [0.2, 0.25) is 0 Å². The lowest BCUT2D eigenvalue weighted by Crippen LogP contribution is -2.17. The molecule has 0 spiro atoms. The van der Waals surface area contributed by atoms with E-state index in [4.69, 9.17) is 9.47 Å². The summed E-state index contributed by atoms with van der Waals surface area (Å²) < 4.78 is 10.8. The molecule has 1 aromatic rings. The second-order valence-electron chi connectivity index (χ2n) is 4.56. The highest BCUT2D eigenvalue weighted by atomic mass is 16.5. The number of rotatable bonds is 6. The van der Waals surface area contributed by atoms with Crippen molar-refractivity contribution < 1.29 is 14.3 Å². The molecule has 0 amide bonds. The maximum Gasteiger partial charge on any atom is 0.135 e. The lowest BCUT2D eigenvalue weighted by atomic mass is 9.88. The van der Waals surface area contributed by atoms with Gasteiger partial charge in [-0.15, -0.1) is 0 Å². The van der Waals surface area contributed by atoms with Crippen LogP contribution in [0.25, 0.3) is 0 Å². The third-order valence-electron chi connectivity index (χ3n) is 3.29. The van der Waals surface area contributed by atoms with Gasteiger partial charge in [0.2, 0.25) is 0 Å². The summed E-state index contributed by atoms with van der Waals surface area (Å²) >= 11 is 0. The van der Waals surface area contributed by atoms with Crippen molar-refractivity contribution >= 4 is 5.78 Å². The monoisotopic (exact) mass is 248 g/mol. The van der Waals surface area contributed by atoms with Crippen LogP contribution in [0.4, 0.5) is 0 Å². The van der Waals surface area contributed by atoms with Crippen molar-refractivity contribution in [1.29, 1.82) is 0 Å². The van der Waals surface area contributed by atoms with E-state index in [0.717, 1.165) is 12.2 Å². The van der Waals surface area contributed by atoms with Crippen LogP contribution >= 0.6 is 0 Å². The summed E-state index contributed by atoms with van der Waals surface area (Å²) in [6, 6.07) is 8.02. The van der Waals surface area contributed by atoms with Crippen LogP contribution in [0.3, 0.4) is 0 Å². The van der Waals surface area contributed by atoms with Crippen LogP contribution < -0.4 is 4.74 Å². The van der Waals surface area contributed by atoms with Crippen molar-refractivity contribution in [2.45, 2.75) is 32.1 Å². The van der Waals surface area contributed by atoms with E-state index < -0.39 is 0 Å². The molecule has 1 aliphatic heterocycles. The highest BCUT2D eigenvalue weighted by Gasteiger charge is 2.23. The molecular weight excluding hydrogens is 228 g/mol. The van der Waals surface area contributed by atoms with E-state index in [9.17, 15) is 4.79 Å². The molecule has 3 heteroatoms. The third-order valence-corrected chi connectivity index (χ3v) is 3.29. The number of hydrogen-bond donors (Lipinski definition) is 0. The second kappa shape index (κ2) is 6.55. The SMILES string of the molecule is CCOCCC(=O)CC1CCOc2ccccc21. The number of fused-ring (bicyclic) bond motifs is 1. The highest BCUT2D eigenvalue weighted by molar-refractivity contribution is 5.79. The van der Waals surface area contributed by atoms with Gasteiger partial charge in [0.05, 0.1) is 13.2 Å². The number of ether oxygens (including phenoxy) is 2. The molecule has 0 aromatic heterocycles. The number of ketones is 1. The molecule has 98 valence electrons. The first-order valence-corrected chi connectivity index (χ1v) is 6.62. The second-order valence-corrected chi connectivity index (χ2v) is 4.56. The van der Waals surface area contributed by atoms with Gasteiger partial charge in [-0.25, -0.2) is 0 Å². The number of para-hydroxylation sites is 1. The summed E-state index contributed by atoms with van der Waals surface area (Å²) in [5, 5.41) is 0. The fourth-order valence-electron chi connectivity index (χ4n) is 2.34. The van der Waals surface area contributed by atoms with Gasteiger partial charge >= 0.3 is 0 Å². The zero-order valence-corrected chi connectivity index (χ0v) is 10.9. The van der Waals surface area contributed by atoms with Gasteiger partial charge in [0.15, 0.2) is 0 Å². The molecule has 0 N–H and O–H groups in total. The Morgan fingerprint density at radius 2 is 2.28 bits per heavy atom. The third kappa shape index (κ3) is 3.33. The van der Waals surface area contributed by atoms with Crippen LogP contribution in [0.15, 0.2) is 24.3 Å². The Bertz CT molecular complexity index is 400. The smallest absolute Gasteiger partial charge is 0.135 e. The minimum Gasteiger partial charge on any atom is -0.493 e. The maximum atomic E-state index is 11.9. The average molecular weight is 248 g/mol. The van der Waals surface area contributed by atoms with E-state index in [1.165, 1.54) is 5.56 Å². The number of benzene rings is 1. The number of carbonyl (C=O) groups excluding carboxylic acids is 1. The Morgan fingerprint density at radius 3 is 3.11 bits per heavy atom. The topological polar surface area (TPSA) is 35.5 Å². The summed E-state index contributed by atoms with van der Waals surface area (Å²) in [7, 11) is 0. The molecule has 0 fully saturated rings. The van der Waals surface area contributed by atoms with Gasteiger partial charge in [-0.2, -0.15) is 0 Å². The van der Waals surface area contributed by atoms with Crippen LogP contribution in [0, 0.1) is 0 Å². The van der Waals surface area contributed by atoms with Gasteiger partial charge in [0.1, 0.15) is 11.5 Å². The predicted molar refractivity (Wildman–Crippen MR) is 70.0 cm³/mol. The molecule has 2 rings (SSSR count). The first-order valence-electron chi connectivity index (χ1n) is 6.62.